The van der Waals surface area contributed by atoms with Crippen molar-refractivity contribution in [3.05, 3.63) is 35.9 Å². The van der Waals surface area contributed by atoms with Gasteiger partial charge in [-0.25, -0.2) is 0 Å². The van der Waals surface area contributed by atoms with E-state index in [9.17, 15) is 0 Å². The average Bonchev–Trinajstić information content (AvgIpc) is 2.58. The molecule has 1 aromatic carbocycles. The lowest BCUT2D eigenvalue weighted by Crippen LogP contribution is -1.86. The Morgan fingerprint density at radius 1 is 1.00 bits per heavy atom. The van der Waals surface area contributed by atoms with E-state index in [2.05, 4.69) is 18.2 Å². The van der Waals surface area contributed by atoms with Crippen molar-refractivity contribution in [2.45, 2.75) is 32.1 Å². The highest BCUT2D eigenvalue weighted by atomic mass is 16.5. The maximum absolute atomic E-state index is 5.16. The van der Waals surface area contributed by atoms with E-state index in [0.29, 0.717) is 0 Å². The summed E-state index contributed by atoms with van der Waals surface area (Å²) >= 11 is 0. The minimum atomic E-state index is 0.938. The summed E-state index contributed by atoms with van der Waals surface area (Å²) in [6.07, 6.45) is 8.91. The van der Waals surface area contributed by atoms with E-state index < -0.39 is 0 Å². The lowest BCUT2D eigenvalue weighted by Gasteiger charge is -2.06. The standard InChI is InChI=1S/C14H18O/c1-15-14-10-8-13(9-11-14)12-6-4-2-3-5-7-12/h6,8-11H,2-5,7H2,1H3. The van der Waals surface area contributed by atoms with Crippen molar-refractivity contribution in [1.29, 1.82) is 0 Å². The van der Waals surface area contributed by atoms with Crippen molar-refractivity contribution in [2.75, 3.05) is 7.11 Å². The molecule has 0 aliphatic heterocycles. The Hall–Kier alpha value is -1.24. The molecule has 0 fully saturated rings. The van der Waals surface area contributed by atoms with Gasteiger partial charge in [0.15, 0.2) is 0 Å². The highest BCUT2D eigenvalue weighted by molar-refractivity contribution is 5.66. The van der Waals surface area contributed by atoms with Gasteiger partial charge in [0.25, 0.3) is 0 Å². The molecule has 0 amide bonds. The molecule has 1 aliphatic carbocycles. The molecule has 1 aliphatic rings. The quantitative estimate of drug-likeness (QED) is 0.703. The normalized spacial score (nSPS) is 16.7. The summed E-state index contributed by atoms with van der Waals surface area (Å²) in [6, 6.07) is 8.41. The summed E-state index contributed by atoms with van der Waals surface area (Å²) in [5.41, 5.74) is 2.87. The van der Waals surface area contributed by atoms with Gasteiger partial charge in [-0.3, -0.25) is 0 Å². The lowest BCUT2D eigenvalue weighted by molar-refractivity contribution is 0.415. The Balaban J connectivity index is 2.16. The molecular formula is C14H18O. The first-order chi connectivity index (χ1) is 7.40. The molecule has 0 aromatic heterocycles. The highest BCUT2D eigenvalue weighted by Crippen LogP contribution is 2.27. The summed E-state index contributed by atoms with van der Waals surface area (Å²) in [7, 11) is 1.71. The number of hydrogen-bond acceptors (Lipinski definition) is 1. The molecular weight excluding hydrogens is 184 g/mol. The van der Waals surface area contributed by atoms with Gasteiger partial charge in [-0.2, -0.15) is 0 Å². The molecule has 0 radical (unpaired) electrons. The molecule has 0 heterocycles. The van der Waals surface area contributed by atoms with E-state index in [1.165, 1.54) is 43.2 Å². The Kier molecular flexibility index (Phi) is 3.44. The van der Waals surface area contributed by atoms with E-state index in [-0.39, 0.29) is 0 Å². The molecule has 0 saturated carbocycles. The maximum Gasteiger partial charge on any atom is 0.118 e. The molecule has 0 spiro atoms. The molecule has 0 bridgehead atoms. The molecule has 2 rings (SSSR count). The SMILES string of the molecule is COc1ccc(C2=CCCCCC2)cc1. The van der Waals surface area contributed by atoms with Crippen LogP contribution in [0, 0.1) is 0 Å². The van der Waals surface area contributed by atoms with E-state index in [1.807, 2.05) is 12.1 Å². The summed E-state index contributed by atoms with van der Waals surface area (Å²) in [5, 5.41) is 0. The first-order valence-electron chi connectivity index (χ1n) is 5.73. The zero-order chi connectivity index (χ0) is 10.5. The smallest absolute Gasteiger partial charge is 0.118 e. The minimum absolute atomic E-state index is 0.938. The van der Waals surface area contributed by atoms with Crippen LogP contribution in [0.5, 0.6) is 5.75 Å². The van der Waals surface area contributed by atoms with Crippen molar-refractivity contribution in [3.63, 3.8) is 0 Å². The molecule has 0 atom stereocenters. The molecule has 1 nitrogen and oxygen atoms in total. The monoisotopic (exact) mass is 202 g/mol. The Bertz CT molecular complexity index is 335. The molecule has 0 N–H and O–H groups in total. The molecule has 1 heteroatoms. The summed E-state index contributed by atoms with van der Waals surface area (Å²) in [4.78, 5) is 0. The van der Waals surface area contributed by atoms with Crippen LogP contribution in [-0.2, 0) is 0 Å². The van der Waals surface area contributed by atoms with Crippen LogP contribution in [0.25, 0.3) is 5.57 Å². The zero-order valence-electron chi connectivity index (χ0n) is 9.33. The highest BCUT2D eigenvalue weighted by Gasteiger charge is 2.05. The number of rotatable bonds is 2. The van der Waals surface area contributed by atoms with Crippen molar-refractivity contribution in [1.82, 2.24) is 0 Å². The van der Waals surface area contributed by atoms with Crippen LogP contribution < -0.4 is 4.74 Å². The number of benzene rings is 1. The van der Waals surface area contributed by atoms with Gasteiger partial charge in [0.1, 0.15) is 5.75 Å². The van der Waals surface area contributed by atoms with Crippen LogP contribution in [0.2, 0.25) is 0 Å². The van der Waals surface area contributed by atoms with Crippen molar-refractivity contribution in [3.8, 4) is 5.75 Å². The first-order valence-corrected chi connectivity index (χ1v) is 5.73. The molecule has 15 heavy (non-hydrogen) atoms. The van der Waals surface area contributed by atoms with Crippen LogP contribution in [0.15, 0.2) is 30.3 Å². The van der Waals surface area contributed by atoms with Gasteiger partial charge in [-0.1, -0.05) is 24.6 Å². The summed E-state index contributed by atoms with van der Waals surface area (Å²) < 4.78 is 5.16. The second-order valence-electron chi connectivity index (χ2n) is 4.06. The summed E-state index contributed by atoms with van der Waals surface area (Å²) in [5.74, 6) is 0.938. The average molecular weight is 202 g/mol. The fourth-order valence-corrected chi connectivity index (χ4v) is 2.08. The largest absolute Gasteiger partial charge is 0.497 e. The lowest BCUT2D eigenvalue weighted by atomic mass is 10.0. The Morgan fingerprint density at radius 2 is 1.80 bits per heavy atom. The molecule has 80 valence electrons. The van der Waals surface area contributed by atoms with Gasteiger partial charge >= 0.3 is 0 Å². The molecule has 0 unspecified atom stereocenters. The number of hydrogen-bond donors (Lipinski definition) is 0. The van der Waals surface area contributed by atoms with Crippen LogP contribution >= 0.6 is 0 Å². The van der Waals surface area contributed by atoms with Crippen LogP contribution in [0.3, 0.4) is 0 Å². The van der Waals surface area contributed by atoms with Crippen LogP contribution in [0.4, 0.5) is 0 Å². The fraction of sp³-hybridized carbons (Fsp3) is 0.429. The number of ether oxygens (including phenoxy) is 1. The van der Waals surface area contributed by atoms with Crippen molar-refractivity contribution >= 4 is 5.57 Å². The Morgan fingerprint density at radius 3 is 2.53 bits per heavy atom. The van der Waals surface area contributed by atoms with Crippen molar-refractivity contribution < 1.29 is 4.74 Å². The van der Waals surface area contributed by atoms with Crippen molar-refractivity contribution in [2.24, 2.45) is 0 Å². The van der Waals surface area contributed by atoms with Gasteiger partial charge in [0.05, 0.1) is 7.11 Å². The van der Waals surface area contributed by atoms with Gasteiger partial charge in [0.2, 0.25) is 0 Å². The fourth-order valence-electron chi connectivity index (χ4n) is 2.08. The third-order valence-corrected chi connectivity index (χ3v) is 3.00. The van der Waals surface area contributed by atoms with E-state index in [0.717, 1.165) is 5.75 Å². The van der Waals surface area contributed by atoms with Gasteiger partial charge in [-0.15, -0.1) is 0 Å². The molecule has 0 saturated heterocycles. The zero-order valence-corrected chi connectivity index (χ0v) is 9.33. The minimum Gasteiger partial charge on any atom is -0.497 e. The first kappa shape index (κ1) is 10.3. The number of allylic oxidation sites excluding steroid dienone is 2. The van der Waals surface area contributed by atoms with Crippen LogP contribution in [0.1, 0.15) is 37.7 Å². The van der Waals surface area contributed by atoms with Gasteiger partial charge < -0.3 is 4.74 Å². The summed E-state index contributed by atoms with van der Waals surface area (Å²) in [6.45, 7) is 0. The Labute approximate surface area is 91.8 Å². The molecule has 1 aromatic rings. The predicted molar refractivity (Wildman–Crippen MR) is 64.1 cm³/mol. The second kappa shape index (κ2) is 5.01. The van der Waals surface area contributed by atoms with Gasteiger partial charge in [0, 0.05) is 0 Å². The van der Waals surface area contributed by atoms with E-state index in [4.69, 9.17) is 4.74 Å². The van der Waals surface area contributed by atoms with E-state index >= 15 is 0 Å². The second-order valence-corrected chi connectivity index (χ2v) is 4.06. The topological polar surface area (TPSA) is 9.23 Å². The predicted octanol–water partition coefficient (Wildman–Crippen LogP) is 4.04. The van der Waals surface area contributed by atoms with Gasteiger partial charge in [-0.05, 0) is 49.0 Å². The number of methoxy groups -OCH3 is 1. The van der Waals surface area contributed by atoms with E-state index in [1.54, 1.807) is 7.11 Å². The van der Waals surface area contributed by atoms with Crippen LogP contribution in [-0.4, -0.2) is 7.11 Å². The maximum atomic E-state index is 5.16. The third kappa shape index (κ3) is 2.62. The third-order valence-electron chi connectivity index (χ3n) is 3.00.